The van der Waals surface area contributed by atoms with Crippen LogP contribution in [-0.4, -0.2) is 23.3 Å². The van der Waals surface area contributed by atoms with E-state index in [1.54, 1.807) is 0 Å². The number of rotatable bonds is 3. The Bertz CT molecular complexity index is 471. The molecule has 5 heteroatoms. The summed E-state index contributed by atoms with van der Waals surface area (Å²) in [6, 6.07) is 5.73. The quantitative estimate of drug-likeness (QED) is 0.854. The number of halogens is 1. The van der Waals surface area contributed by atoms with Crippen molar-refractivity contribution >= 4 is 33.1 Å². The maximum absolute atomic E-state index is 6.08. The minimum atomic E-state index is 0.146. The summed E-state index contributed by atoms with van der Waals surface area (Å²) >= 11 is 8.49. The summed E-state index contributed by atoms with van der Waals surface area (Å²) in [5, 5.41) is 0. The van der Waals surface area contributed by atoms with E-state index in [2.05, 4.69) is 29.8 Å². The Balaban J connectivity index is 2.16. The van der Waals surface area contributed by atoms with Gasteiger partial charge in [0.05, 0.1) is 17.8 Å². The molecule has 0 radical (unpaired) electrons. The molecule has 2 atom stereocenters. The van der Waals surface area contributed by atoms with Crippen molar-refractivity contribution in [2.75, 3.05) is 0 Å². The van der Waals surface area contributed by atoms with Crippen molar-refractivity contribution in [1.29, 1.82) is 0 Å². The topological polar surface area (TPSA) is 44.5 Å². The van der Waals surface area contributed by atoms with E-state index in [0.717, 1.165) is 28.6 Å². The van der Waals surface area contributed by atoms with E-state index >= 15 is 0 Å². The van der Waals surface area contributed by atoms with Gasteiger partial charge in [-0.05, 0) is 32.0 Å². The first-order valence-corrected chi connectivity index (χ1v) is 7.57. The molecule has 0 bridgehead atoms. The molecule has 0 amide bonds. The molecule has 1 aliphatic rings. The lowest BCUT2D eigenvalue weighted by atomic mass is 10.0. The number of hydrogen-bond acceptors (Lipinski definition) is 3. The molecule has 1 fully saturated rings. The molecule has 1 heterocycles. The molecule has 1 aromatic carbocycles. The second kappa shape index (κ2) is 6.20. The normalized spacial score (nSPS) is 27.0. The smallest absolute Gasteiger partial charge is 0.129 e. The average Bonchev–Trinajstić information content (AvgIpc) is 2.30. The van der Waals surface area contributed by atoms with Crippen LogP contribution in [0.5, 0.6) is 5.75 Å². The molecule has 2 rings (SSSR count). The third kappa shape index (κ3) is 3.91. The van der Waals surface area contributed by atoms with Crippen LogP contribution >= 0.6 is 28.1 Å². The summed E-state index contributed by atoms with van der Waals surface area (Å²) in [5.41, 5.74) is 6.52. The van der Waals surface area contributed by atoms with E-state index in [0.29, 0.717) is 4.99 Å². The van der Waals surface area contributed by atoms with E-state index in [1.807, 2.05) is 18.2 Å². The largest absolute Gasteiger partial charge is 0.489 e. The highest BCUT2D eigenvalue weighted by molar-refractivity contribution is 9.10. The van der Waals surface area contributed by atoms with Crippen LogP contribution in [-0.2, 0) is 4.74 Å². The first-order valence-electron chi connectivity index (χ1n) is 6.37. The lowest BCUT2D eigenvalue weighted by Gasteiger charge is -2.32. The Morgan fingerprint density at radius 2 is 2.00 bits per heavy atom. The first kappa shape index (κ1) is 14.8. The van der Waals surface area contributed by atoms with Gasteiger partial charge in [0.1, 0.15) is 16.8 Å². The van der Waals surface area contributed by atoms with Crippen LogP contribution in [0.4, 0.5) is 0 Å². The fourth-order valence-corrected chi connectivity index (χ4v) is 2.94. The van der Waals surface area contributed by atoms with Gasteiger partial charge in [0, 0.05) is 17.3 Å². The van der Waals surface area contributed by atoms with Gasteiger partial charge >= 0.3 is 0 Å². The van der Waals surface area contributed by atoms with Crippen LogP contribution in [0.3, 0.4) is 0 Å². The molecular formula is C14H18BrNO2S. The number of ether oxygens (including phenoxy) is 2. The van der Waals surface area contributed by atoms with Gasteiger partial charge in [0.2, 0.25) is 0 Å². The fraction of sp³-hybridized carbons (Fsp3) is 0.500. The summed E-state index contributed by atoms with van der Waals surface area (Å²) in [6.45, 7) is 4.14. The van der Waals surface area contributed by atoms with Crippen LogP contribution in [0.2, 0.25) is 0 Å². The number of nitrogens with two attached hydrogens (primary N) is 1. The van der Waals surface area contributed by atoms with Gasteiger partial charge in [0.15, 0.2) is 0 Å². The summed E-state index contributed by atoms with van der Waals surface area (Å²) in [4.78, 5) is 0.351. The number of benzene rings is 1. The minimum absolute atomic E-state index is 0.146. The van der Waals surface area contributed by atoms with E-state index < -0.39 is 0 Å². The second-order valence-corrected chi connectivity index (χ2v) is 6.33. The van der Waals surface area contributed by atoms with Gasteiger partial charge in [-0.15, -0.1) is 0 Å². The molecule has 0 spiro atoms. The molecule has 3 nitrogen and oxygen atoms in total. The Labute approximate surface area is 127 Å². The fourth-order valence-electron chi connectivity index (χ4n) is 2.42. The zero-order valence-corrected chi connectivity index (χ0v) is 13.5. The monoisotopic (exact) mass is 343 g/mol. The van der Waals surface area contributed by atoms with Crippen LogP contribution in [0.1, 0.15) is 32.3 Å². The van der Waals surface area contributed by atoms with Crippen LogP contribution in [0.25, 0.3) is 0 Å². The molecule has 2 N–H and O–H groups in total. The van der Waals surface area contributed by atoms with Crippen LogP contribution in [0, 0.1) is 0 Å². The summed E-state index contributed by atoms with van der Waals surface area (Å²) in [7, 11) is 0. The number of thiocarbonyl (C=S) groups is 1. The van der Waals surface area contributed by atoms with Gasteiger partial charge < -0.3 is 15.2 Å². The maximum Gasteiger partial charge on any atom is 0.129 e. The van der Waals surface area contributed by atoms with Gasteiger partial charge in [-0.2, -0.15) is 0 Å². The molecular weight excluding hydrogens is 326 g/mol. The lowest BCUT2D eigenvalue weighted by molar-refractivity contribution is -0.0721. The summed E-state index contributed by atoms with van der Waals surface area (Å²) in [5.74, 6) is 0.752. The summed E-state index contributed by atoms with van der Waals surface area (Å²) < 4.78 is 12.7. The van der Waals surface area contributed by atoms with E-state index in [-0.39, 0.29) is 18.3 Å². The van der Waals surface area contributed by atoms with Crippen molar-refractivity contribution in [2.45, 2.75) is 45.0 Å². The van der Waals surface area contributed by atoms with Crippen molar-refractivity contribution in [2.24, 2.45) is 5.73 Å². The molecule has 0 aliphatic carbocycles. The third-order valence-corrected chi connectivity index (χ3v) is 3.87. The Kier molecular flexibility index (Phi) is 4.81. The molecule has 19 heavy (non-hydrogen) atoms. The van der Waals surface area contributed by atoms with E-state index in [4.69, 9.17) is 27.4 Å². The summed E-state index contributed by atoms with van der Waals surface area (Å²) in [6.07, 6.45) is 2.36. The van der Waals surface area contributed by atoms with Crippen LogP contribution in [0.15, 0.2) is 22.7 Å². The Morgan fingerprint density at radius 1 is 1.37 bits per heavy atom. The van der Waals surface area contributed by atoms with Crippen molar-refractivity contribution in [3.63, 3.8) is 0 Å². The highest BCUT2D eigenvalue weighted by Crippen LogP contribution is 2.28. The minimum Gasteiger partial charge on any atom is -0.489 e. The molecule has 104 valence electrons. The Morgan fingerprint density at radius 3 is 2.58 bits per heavy atom. The molecule has 1 aromatic rings. The number of hydrogen-bond donors (Lipinski definition) is 1. The van der Waals surface area contributed by atoms with Crippen LogP contribution < -0.4 is 10.5 Å². The molecule has 1 aliphatic heterocycles. The predicted octanol–water partition coefficient (Wildman–Crippen LogP) is 3.42. The van der Waals surface area contributed by atoms with Gasteiger partial charge in [-0.3, -0.25) is 0 Å². The zero-order chi connectivity index (χ0) is 14.0. The van der Waals surface area contributed by atoms with E-state index in [9.17, 15) is 0 Å². The SMILES string of the molecule is CC1CC(Oc2ccc(Br)cc2C(N)=S)CC(C)O1. The van der Waals surface area contributed by atoms with Gasteiger partial charge in [0.25, 0.3) is 0 Å². The standard InChI is InChI=1S/C14H18BrNO2S/c1-8-5-11(6-9(2)17-8)18-13-4-3-10(15)7-12(13)14(16)19/h3-4,7-9,11H,5-6H2,1-2H3,(H2,16,19). The molecule has 0 aromatic heterocycles. The maximum atomic E-state index is 6.08. The lowest BCUT2D eigenvalue weighted by Crippen LogP contribution is -2.36. The highest BCUT2D eigenvalue weighted by Gasteiger charge is 2.26. The molecule has 2 unspecified atom stereocenters. The molecule has 0 saturated carbocycles. The van der Waals surface area contributed by atoms with Gasteiger partial charge in [-0.25, -0.2) is 0 Å². The Hall–Kier alpha value is -0.650. The predicted molar refractivity (Wildman–Crippen MR) is 83.7 cm³/mol. The molecule has 1 saturated heterocycles. The van der Waals surface area contributed by atoms with Crippen molar-refractivity contribution in [3.8, 4) is 5.75 Å². The third-order valence-electron chi connectivity index (χ3n) is 3.15. The zero-order valence-electron chi connectivity index (χ0n) is 11.1. The van der Waals surface area contributed by atoms with Crippen molar-refractivity contribution < 1.29 is 9.47 Å². The van der Waals surface area contributed by atoms with E-state index in [1.165, 1.54) is 0 Å². The highest BCUT2D eigenvalue weighted by atomic mass is 79.9. The van der Waals surface area contributed by atoms with Crippen molar-refractivity contribution in [3.05, 3.63) is 28.2 Å². The average molecular weight is 344 g/mol. The van der Waals surface area contributed by atoms with Crippen molar-refractivity contribution in [1.82, 2.24) is 0 Å². The van der Waals surface area contributed by atoms with Gasteiger partial charge in [-0.1, -0.05) is 28.1 Å². The second-order valence-electron chi connectivity index (χ2n) is 4.97. The first-order chi connectivity index (χ1) is 8.95.